The zero-order chi connectivity index (χ0) is 16.9. The average molecular weight is 347 g/mol. The van der Waals surface area contributed by atoms with E-state index in [2.05, 4.69) is 20.2 Å². The molecule has 1 fully saturated rings. The molecule has 0 spiro atoms. The molecule has 1 saturated heterocycles. The lowest BCUT2D eigenvalue weighted by atomic mass is 9.96. The summed E-state index contributed by atoms with van der Waals surface area (Å²) in [6, 6.07) is 7.33. The SMILES string of the molecule is [N-]=[N+]=NCC(=O)N1CCC(c2nc(-c3ccccc3Cl)no2)CC1. The third-order valence-electron chi connectivity index (χ3n) is 4.02. The molecule has 0 bridgehead atoms. The number of likely N-dealkylation sites (tertiary alicyclic amines) is 1. The highest BCUT2D eigenvalue weighted by Gasteiger charge is 2.27. The minimum atomic E-state index is -0.159. The molecule has 0 saturated carbocycles. The molecule has 2 aromatic rings. The second-order valence-electron chi connectivity index (χ2n) is 5.48. The fourth-order valence-electron chi connectivity index (χ4n) is 2.72. The highest BCUT2D eigenvalue weighted by Crippen LogP contribution is 2.30. The predicted molar refractivity (Wildman–Crippen MR) is 87.3 cm³/mol. The maximum atomic E-state index is 11.8. The monoisotopic (exact) mass is 346 g/mol. The molecule has 1 aliphatic rings. The van der Waals surface area contributed by atoms with Crippen LogP contribution in [0, 0.1) is 0 Å². The number of nitrogens with zero attached hydrogens (tertiary/aromatic N) is 6. The van der Waals surface area contributed by atoms with E-state index in [1.54, 1.807) is 11.0 Å². The topological polar surface area (TPSA) is 108 Å². The molecule has 0 radical (unpaired) electrons. The van der Waals surface area contributed by atoms with Crippen LogP contribution in [-0.4, -0.2) is 40.6 Å². The Balaban J connectivity index is 1.64. The van der Waals surface area contributed by atoms with Crippen molar-refractivity contribution in [3.63, 3.8) is 0 Å². The first-order valence-electron chi connectivity index (χ1n) is 7.56. The van der Waals surface area contributed by atoms with Crippen LogP contribution in [0.3, 0.4) is 0 Å². The zero-order valence-electron chi connectivity index (χ0n) is 12.8. The Morgan fingerprint density at radius 1 is 1.42 bits per heavy atom. The van der Waals surface area contributed by atoms with E-state index in [0.29, 0.717) is 29.8 Å². The lowest BCUT2D eigenvalue weighted by Crippen LogP contribution is -2.39. The second kappa shape index (κ2) is 7.33. The molecule has 0 unspecified atom stereocenters. The van der Waals surface area contributed by atoms with Crippen molar-refractivity contribution in [3.05, 3.63) is 45.6 Å². The van der Waals surface area contributed by atoms with Crippen LogP contribution in [-0.2, 0) is 4.79 Å². The summed E-state index contributed by atoms with van der Waals surface area (Å²) in [6.45, 7) is 1.01. The number of rotatable bonds is 4. The van der Waals surface area contributed by atoms with Crippen LogP contribution in [0.15, 0.2) is 33.9 Å². The lowest BCUT2D eigenvalue weighted by molar-refractivity contribution is -0.130. The molecule has 0 atom stereocenters. The molecule has 8 nitrogen and oxygen atoms in total. The van der Waals surface area contributed by atoms with Gasteiger partial charge >= 0.3 is 0 Å². The Labute approximate surface area is 143 Å². The van der Waals surface area contributed by atoms with Gasteiger partial charge in [-0.25, -0.2) is 0 Å². The molecular weight excluding hydrogens is 332 g/mol. The quantitative estimate of drug-likeness (QED) is 0.480. The Hall–Kier alpha value is -2.57. The highest BCUT2D eigenvalue weighted by atomic mass is 35.5. The normalized spacial score (nSPS) is 15.1. The van der Waals surface area contributed by atoms with Gasteiger partial charge in [-0.05, 0) is 30.5 Å². The van der Waals surface area contributed by atoms with Crippen LogP contribution < -0.4 is 0 Å². The van der Waals surface area contributed by atoms with Crippen molar-refractivity contribution in [2.75, 3.05) is 19.6 Å². The summed E-state index contributed by atoms with van der Waals surface area (Å²) < 4.78 is 5.38. The predicted octanol–water partition coefficient (Wildman–Crippen LogP) is 3.41. The summed E-state index contributed by atoms with van der Waals surface area (Å²) in [5, 5.41) is 7.89. The van der Waals surface area contributed by atoms with E-state index < -0.39 is 0 Å². The molecule has 124 valence electrons. The average Bonchev–Trinajstić information content (AvgIpc) is 3.10. The van der Waals surface area contributed by atoms with Crippen LogP contribution in [0.25, 0.3) is 21.8 Å². The van der Waals surface area contributed by atoms with E-state index in [9.17, 15) is 4.79 Å². The summed E-state index contributed by atoms with van der Waals surface area (Å²) in [5.74, 6) is 0.982. The number of azide groups is 1. The van der Waals surface area contributed by atoms with Gasteiger partial charge in [0.05, 0.1) is 5.02 Å². The molecule has 1 aliphatic heterocycles. The number of carbonyl (C=O) groups excluding carboxylic acids is 1. The van der Waals surface area contributed by atoms with Gasteiger partial charge in [-0.15, -0.1) is 0 Å². The summed E-state index contributed by atoms with van der Waals surface area (Å²) in [6.07, 6.45) is 1.46. The largest absolute Gasteiger partial charge is 0.343 e. The number of hydrogen-bond donors (Lipinski definition) is 0. The number of carbonyl (C=O) groups is 1. The second-order valence-corrected chi connectivity index (χ2v) is 5.89. The Morgan fingerprint density at radius 2 is 2.17 bits per heavy atom. The van der Waals surface area contributed by atoms with E-state index >= 15 is 0 Å². The summed E-state index contributed by atoms with van der Waals surface area (Å²) in [7, 11) is 0. The fourth-order valence-corrected chi connectivity index (χ4v) is 2.94. The van der Waals surface area contributed by atoms with E-state index in [0.717, 1.165) is 18.4 Å². The minimum absolute atomic E-state index is 0.109. The van der Waals surface area contributed by atoms with E-state index in [1.165, 1.54) is 0 Å². The van der Waals surface area contributed by atoms with Crippen LogP contribution in [0.2, 0.25) is 5.02 Å². The maximum absolute atomic E-state index is 11.8. The van der Waals surface area contributed by atoms with Crippen LogP contribution >= 0.6 is 11.6 Å². The lowest BCUT2D eigenvalue weighted by Gasteiger charge is -2.30. The molecule has 24 heavy (non-hydrogen) atoms. The van der Waals surface area contributed by atoms with Gasteiger partial charge in [0, 0.05) is 29.5 Å². The molecule has 0 N–H and O–H groups in total. The van der Waals surface area contributed by atoms with E-state index in [-0.39, 0.29) is 18.4 Å². The summed E-state index contributed by atoms with van der Waals surface area (Å²) in [4.78, 5) is 20.6. The molecule has 1 aromatic heterocycles. The number of benzene rings is 1. The van der Waals surface area contributed by atoms with Gasteiger partial charge in [0.2, 0.25) is 17.6 Å². The van der Waals surface area contributed by atoms with Gasteiger partial charge in [-0.2, -0.15) is 4.98 Å². The molecule has 2 heterocycles. The van der Waals surface area contributed by atoms with Crippen molar-refractivity contribution in [2.24, 2.45) is 5.11 Å². The maximum Gasteiger partial charge on any atom is 0.230 e. The zero-order valence-corrected chi connectivity index (χ0v) is 13.6. The van der Waals surface area contributed by atoms with Crippen LogP contribution in [0.4, 0.5) is 0 Å². The highest BCUT2D eigenvalue weighted by molar-refractivity contribution is 6.33. The van der Waals surface area contributed by atoms with Crippen molar-refractivity contribution >= 4 is 17.5 Å². The first-order chi connectivity index (χ1) is 11.7. The smallest absolute Gasteiger partial charge is 0.230 e. The number of piperidine rings is 1. The van der Waals surface area contributed by atoms with Crippen molar-refractivity contribution in [1.82, 2.24) is 15.0 Å². The summed E-state index contributed by atoms with van der Waals surface area (Å²) in [5.41, 5.74) is 9.00. The molecule has 1 amide bonds. The molecule has 0 aliphatic carbocycles. The van der Waals surface area contributed by atoms with Gasteiger partial charge in [0.1, 0.15) is 6.54 Å². The van der Waals surface area contributed by atoms with E-state index in [4.69, 9.17) is 21.7 Å². The standard InChI is InChI=1S/C15H15ClN6O2/c16-12-4-2-1-3-11(12)14-19-15(24-20-14)10-5-7-22(8-6-10)13(23)9-18-21-17/h1-4,10H,5-9H2. The first-order valence-corrected chi connectivity index (χ1v) is 7.94. The first kappa shape index (κ1) is 16.3. The van der Waals surface area contributed by atoms with Crippen LogP contribution in [0.1, 0.15) is 24.7 Å². The van der Waals surface area contributed by atoms with Gasteiger partial charge in [0.15, 0.2) is 0 Å². The van der Waals surface area contributed by atoms with Crippen molar-refractivity contribution in [1.29, 1.82) is 0 Å². The number of halogens is 1. The van der Waals surface area contributed by atoms with Crippen molar-refractivity contribution in [2.45, 2.75) is 18.8 Å². The third-order valence-corrected chi connectivity index (χ3v) is 4.35. The molecule has 3 rings (SSSR count). The number of amides is 1. The Bertz CT molecular complexity index is 778. The van der Waals surface area contributed by atoms with E-state index in [1.807, 2.05) is 18.2 Å². The Kier molecular flexibility index (Phi) is 4.98. The van der Waals surface area contributed by atoms with Gasteiger partial charge < -0.3 is 9.42 Å². The van der Waals surface area contributed by atoms with Crippen molar-refractivity contribution in [3.8, 4) is 11.4 Å². The number of hydrogen-bond acceptors (Lipinski definition) is 5. The van der Waals surface area contributed by atoms with Gasteiger partial charge in [-0.1, -0.05) is 34.0 Å². The molecule has 1 aromatic carbocycles. The minimum Gasteiger partial charge on any atom is -0.343 e. The van der Waals surface area contributed by atoms with Crippen molar-refractivity contribution < 1.29 is 9.32 Å². The third kappa shape index (κ3) is 3.50. The molecule has 9 heteroatoms. The van der Waals surface area contributed by atoms with Gasteiger partial charge in [0.25, 0.3) is 0 Å². The molecular formula is C15H15ClN6O2. The summed E-state index contributed by atoms with van der Waals surface area (Å²) >= 11 is 6.15. The van der Waals surface area contributed by atoms with Gasteiger partial charge in [-0.3, -0.25) is 4.79 Å². The van der Waals surface area contributed by atoms with Crippen LogP contribution in [0.5, 0.6) is 0 Å². The fraction of sp³-hybridized carbons (Fsp3) is 0.400. The Morgan fingerprint density at radius 3 is 2.88 bits per heavy atom. The number of aromatic nitrogens is 2.